The molecule has 1 heterocycles. The number of carbonyl (C=O) groups excluding carboxylic acids is 1. The monoisotopic (exact) mass is 192 g/mol. The summed E-state index contributed by atoms with van der Waals surface area (Å²) in [7, 11) is -4.34. The lowest BCUT2D eigenvalue weighted by Crippen LogP contribution is -1.94. The molecule has 0 aromatic carbocycles. The summed E-state index contributed by atoms with van der Waals surface area (Å²) >= 11 is 0. The van der Waals surface area contributed by atoms with Crippen LogP contribution in [0.25, 0.3) is 0 Å². The number of phosphoric acid groups is 1. The first kappa shape index (κ1) is 8.83. The summed E-state index contributed by atoms with van der Waals surface area (Å²) in [5, 5.41) is 0. The van der Waals surface area contributed by atoms with E-state index >= 15 is 0 Å². The number of rotatable bonds is 4. The van der Waals surface area contributed by atoms with Crippen LogP contribution in [0.3, 0.4) is 0 Å². The Hall–Kier alpha value is -1.26. The Morgan fingerprint density at radius 3 is 2.92 bits per heavy atom. The second kappa shape index (κ2) is 3.42. The van der Waals surface area contributed by atoms with Gasteiger partial charge in [0.25, 0.3) is 5.95 Å². The number of hydrogen-bond donors (Lipinski definition) is 1. The van der Waals surface area contributed by atoms with Crippen LogP contribution >= 0.6 is 7.82 Å². The highest BCUT2D eigenvalue weighted by Crippen LogP contribution is 2.42. The van der Waals surface area contributed by atoms with Gasteiger partial charge in [0, 0.05) is 6.07 Å². The third kappa shape index (κ3) is 2.41. The molecule has 1 unspecified atom stereocenters. The van der Waals surface area contributed by atoms with E-state index in [0.29, 0.717) is 0 Å². The van der Waals surface area contributed by atoms with Gasteiger partial charge in [-0.15, -0.1) is 0 Å². The Labute approximate surface area is 67.3 Å². The second-order valence-corrected chi connectivity index (χ2v) is 3.02. The lowest BCUT2D eigenvalue weighted by Gasteiger charge is -2.05. The highest BCUT2D eigenvalue weighted by atomic mass is 31.2. The molecule has 0 aliphatic carbocycles. The van der Waals surface area contributed by atoms with Gasteiger partial charge >= 0.3 is 14.3 Å². The lowest BCUT2D eigenvalue weighted by molar-refractivity contribution is -0.121. The van der Waals surface area contributed by atoms with Gasteiger partial charge in [-0.1, -0.05) is 0 Å². The molecule has 6 nitrogen and oxygen atoms in total. The topological polar surface area (TPSA) is 86.0 Å². The third-order valence-electron chi connectivity index (χ3n) is 0.877. The minimum absolute atomic E-state index is 0.177. The fourth-order valence-electron chi connectivity index (χ4n) is 0.505. The van der Waals surface area contributed by atoms with Gasteiger partial charge in [-0.2, -0.15) is 0 Å². The van der Waals surface area contributed by atoms with Crippen molar-refractivity contribution in [2.75, 3.05) is 0 Å². The molecular formula is C5H5O6P. The third-order valence-corrected chi connectivity index (χ3v) is 1.64. The first-order chi connectivity index (χ1) is 5.64. The van der Waals surface area contributed by atoms with E-state index in [1.807, 2.05) is 0 Å². The molecule has 1 aromatic rings. The molecule has 0 amide bonds. The van der Waals surface area contributed by atoms with Gasteiger partial charge in [0.1, 0.15) is 0 Å². The zero-order valence-electron chi connectivity index (χ0n) is 5.75. The summed E-state index contributed by atoms with van der Waals surface area (Å²) in [5.74, 6) is -0.192. The Balaban J connectivity index is 2.62. The quantitative estimate of drug-likeness (QED) is 0.564. The first-order valence-corrected chi connectivity index (χ1v) is 4.31. The number of hydrogen-bond acceptors (Lipinski definition) is 5. The minimum atomic E-state index is -4.34. The molecule has 0 bridgehead atoms. The van der Waals surface area contributed by atoms with Crippen molar-refractivity contribution >= 4 is 14.3 Å². The Morgan fingerprint density at radius 2 is 2.42 bits per heavy atom. The predicted molar refractivity (Wildman–Crippen MR) is 36.3 cm³/mol. The average Bonchev–Trinajstić information content (AvgIpc) is 2.38. The molecule has 12 heavy (non-hydrogen) atoms. The zero-order valence-corrected chi connectivity index (χ0v) is 6.64. The molecular weight excluding hydrogens is 187 g/mol. The summed E-state index contributed by atoms with van der Waals surface area (Å²) in [5.41, 5.74) is 0. The predicted octanol–water partition coefficient (Wildman–Crippen LogP) is 0.932. The molecule has 0 fully saturated rings. The van der Waals surface area contributed by atoms with E-state index in [1.54, 1.807) is 0 Å². The van der Waals surface area contributed by atoms with E-state index in [2.05, 4.69) is 13.5 Å². The van der Waals surface area contributed by atoms with Crippen molar-refractivity contribution in [2.45, 2.75) is 0 Å². The maximum Gasteiger partial charge on any atom is 0.589 e. The molecule has 0 radical (unpaired) electrons. The molecule has 7 heteroatoms. The van der Waals surface area contributed by atoms with Crippen LogP contribution in [0.15, 0.2) is 22.8 Å². The fraction of sp³-hybridized carbons (Fsp3) is 0. The molecule has 1 atom stereocenters. The van der Waals surface area contributed by atoms with E-state index in [9.17, 15) is 9.36 Å². The van der Waals surface area contributed by atoms with Crippen molar-refractivity contribution in [2.24, 2.45) is 0 Å². The van der Waals surface area contributed by atoms with E-state index in [1.165, 1.54) is 18.4 Å². The highest BCUT2D eigenvalue weighted by Gasteiger charge is 2.24. The Bertz CT molecular complexity index is 291. The van der Waals surface area contributed by atoms with Crippen LogP contribution in [0.4, 0.5) is 0 Å². The van der Waals surface area contributed by atoms with Crippen LogP contribution in [0.1, 0.15) is 0 Å². The van der Waals surface area contributed by atoms with Gasteiger partial charge in [0.05, 0.1) is 6.26 Å². The van der Waals surface area contributed by atoms with Crippen molar-refractivity contribution in [3.63, 3.8) is 0 Å². The zero-order chi connectivity index (χ0) is 9.03. The maximum absolute atomic E-state index is 10.7. The van der Waals surface area contributed by atoms with Crippen LogP contribution in [0.5, 0.6) is 5.95 Å². The molecule has 0 aliphatic rings. The molecule has 1 rings (SSSR count). The SMILES string of the molecule is O=COP(=O)(O)Oc1ccco1. The van der Waals surface area contributed by atoms with Crippen molar-refractivity contribution in [1.82, 2.24) is 0 Å². The number of phosphoric ester groups is 1. The van der Waals surface area contributed by atoms with E-state index in [4.69, 9.17) is 4.89 Å². The van der Waals surface area contributed by atoms with Gasteiger partial charge < -0.3 is 13.5 Å². The highest BCUT2D eigenvalue weighted by molar-refractivity contribution is 7.48. The van der Waals surface area contributed by atoms with E-state index < -0.39 is 7.82 Å². The molecule has 0 spiro atoms. The largest absolute Gasteiger partial charge is 0.589 e. The smallest absolute Gasteiger partial charge is 0.434 e. The van der Waals surface area contributed by atoms with Crippen LogP contribution in [-0.4, -0.2) is 11.4 Å². The fourth-order valence-corrected chi connectivity index (χ4v) is 0.988. The van der Waals surface area contributed by atoms with Gasteiger partial charge in [0.15, 0.2) is 0 Å². The first-order valence-electron chi connectivity index (χ1n) is 2.82. The standard InChI is InChI=1S/C5H5O6P/c6-4-10-12(7,8)11-5-2-1-3-9-5/h1-4H,(H,7,8). The Morgan fingerprint density at radius 1 is 1.67 bits per heavy atom. The van der Waals surface area contributed by atoms with Crippen LogP contribution in [0.2, 0.25) is 0 Å². The molecule has 66 valence electrons. The van der Waals surface area contributed by atoms with Crippen LogP contribution in [-0.2, 0) is 13.9 Å². The van der Waals surface area contributed by atoms with Gasteiger partial charge in [-0.3, -0.25) is 9.69 Å². The van der Waals surface area contributed by atoms with Gasteiger partial charge in [-0.05, 0) is 6.07 Å². The summed E-state index contributed by atoms with van der Waals surface area (Å²) in [6.45, 7) is -0.177. The van der Waals surface area contributed by atoms with Crippen molar-refractivity contribution < 1.29 is 27.7 Å². The van der Waals surface area contributed by atoms with Crippen molar-refractivity contribution in [3.8, 4) is 5.95 Å². The Kier molecular flexibility index (Phi) is 2.52. The van der Waals surface area contributed by atoms with E-state index in [-0.39, 0.29) is 12.4 Å². The van der Waals surface area contributed by atoms with Crippen molar-refractivity contribution in [3.05, 3.63) is 18.4 Å². The number of carbonyl (C=O) groups is 1. The number of furan rings is 1. The molecule has 0 saturated heterocycles. The second-order valence-electron chi connectivity index (χ2n) is 1.69. The van der Waals surface area contributed by atoms with E-state index in [0.717, 1.165) is 0 Å². The summed E-state index contributed by atoms with van der Waals surface area (Å²) in [6.07, 6.45) is 1.25. The summed E-state index contributed by atoms with van der Waals surface area (Å²) in [4.78, 5) is 18.4. The van der Waals surface area contributed by atoms with Crippen LogP contribution in [0, 0.1) is 0 Å². The molecule has 1 aromatic heterocycles. The maximum atomic E-state index is 10.7. The minimum Gasteiger partial charge on any atom is -0.434 e. The molecule has 1 N–H and O–H groups in total. The lowest BCUT2D eigenvalue weighted by atomic mass is 10.7. The normalized spacial score (nSPS) is 14.8. The van der Waals surface area contributed by atoms with Gasteiger partial charge in [0.2, 0.25) is 0 Å². The summed E-state index contributed by atoms with van der Waals surface area (Å²) in [6, 6.07) is 2.76. The summed E-state index contributed by atoms with van der Waals surface area (Å²) < 4.78 is 23.3. The van der Waals surface area contributed by atoms with Gasteiger partial charge in [-0.25, -0.2) is 4.57 Å². The molecule has 0 saturated carbocycles. The molecule has 0 aliphatic heterocycles. The average molecular weight is 192 g/mol. The van der Waals surface area contributed by atoms with Crippen molar-refractivity contribution in [1.29, 1.82) is 0 Å². The van der Waals surface area contributed by atoms with Crippen LogP contribution < -0.4 is 4.52 Å².